The lowest BCUT2D eigenvalue weighted by atomic mass is 10.1. The van der Waals surface area contributed by atoms with E-state index in [1.54, 1.807) is 11.3 Å². The van der Waals surface area contributed by atoms with Crippen LogP contribution in [0.15, 0.2) is 42.0 Å². The largest absolute Gasteiger partial charge is 0.361 e. The third-order valence-electron chi connectivity index (χ3n) is 3.34. The molecular formula is C15H17N3S. The highest BCUT2D eigenvalue weighted by Gasteiger charge is 2.07. The summed E-state index contributed by atoms with van der Waals surface area (Å²) in [6, 6.07) is 8.76. The number of hydrogen-bond donors (Lipinski definition) is 2. The minimum Gasteiger partial charge on any atom is -0.361 e. The van der Waals surface area contributed by atoms with E-state index in [0.717, 1.165) is 18.0 Å². The number of rotatable bonds is 5. The highest BCUT2D eigenvalue weighted by molar-refractivity contribution is 7.09. The van der Waals surface area contributed by atoms with Gasteiger partial charge in [0.15, 0.2) is 0 Å². The van der Waals surface area contributed by atoms with Crippen LogP contribution < -0.4 is 5.32 Å². The zero-order valence-corrected chi connectivity index (χ0v) is 11.7. The number of fused-ring (bicyclic) bond motifs is 1. The number of nitrogens with zero attached hydrogens (tertiary/aromatic N) is 1. The number of benzene rings is 1. The topological polar surface area (TPSA) is 40.7 Å². The van der Waals surface area contributed by atoms with Gasteiger partial charge in [-0.05, 0) is 31.5 Å². The smallest absolute Gasteiger partial charge is 0.109 e. The molecule has 3 aromatic rings. The molecule has 3 rings (SSSR count). The molecule has 2 aromatic heterocycles. The van der Waals surface area contributed by atoms with Crippen LogP contribution in [0, 0.1) is 0 Å². The molecular weight excluding hydrogens is 254 g/mol. The fraction of sp³-hybridized carbons (Fsp3) is 0.267. The zero-order valence-electron chi connectivity index (χ0n) is 10.9. The molecule has 1 atom stereocenters. The van der Waals surface area contributed by atoms with Crippen molar-refractivity contribution < 1.29 is 0 Å². The normalized spacial score (nSPS) is 12.9. The third-order valence-corrected chi connectivity index (χ3v) is 4.30. The number of hydrogen-bond acceptors (Lipinski definition) is 3. The molecule has 98 valence electrons. The first-order valence-corrected chi connectivity index (χ1v) is 7.40. The quantitative estimate of drug-likeness (QED) is 0.745. The molecule has 0 aliphatic rings. The third kappa shape index (κ3) is 2.69. The van der Waals surface area contributed by atoms with Gasteiger partial charge in [0.2, 0.25) is 0 Å². The van der Waals surface area contributed by atoms with Gasteiger partial charge in [0.1, 0.15) is 5.01 Å². The molecule has 0 unspecified atom stereocenters. The first-order chi connectivity index (χ1) is 9.34. The SMILES string of the molecule is C[C@H](NCCc1c[nH]c2ccccc12)c1nccs1. The van der Waals surface area contributed by atoms with E-state index in [-0.39, 0.29) is 0 Å². The van der Waals surface area contributed by atoms with Gasteiger partial charge in [0, 0.05) is 28.7 Å². The Kier molecular flexibility index (Phi) is 3.62. The maximum absolute atomic E-state index is 4.33. The molecule has 2 N–H and O–H groups in total. The Morgan fingerprint density at radius 1 is 1.37 bits per heavy atom. The Hall–Kier alpha value is -1.65. The van der Waals surface area contributed by atoms with Gasteiger partial charge in [0.05, 0.1) is 6.04 Å². The predicted octanol–water partition coefficient (Wildman–Crippen LogP) is 3.52. The second kappa shape index (κ2) is 5.55. The number of thiazole rings is 1. The second-order valence-electron chi connectivity index (χ2n) is 4.66. The number of H-pyrrole nitrogens is 1. The fourth-order valence-corrected chi connectivity index (χ4v) is 2.97. The van der Waals surface area contributed by atoms with Crippen LogP contribution >= 0.6 is 11.3 Å². The van der Waals surface area contributed by atoms with Gasteiger partial charge < -0.3 is 10.3 Å². The molecule has 2 heterocycles. The van der Waals surface area contributed by atoms with E-state index < -0.39 is 0 Å². The Labute approximate surface area is 116 Å². The van der Waals surface area contributed by atoms with Crippen molar-refractivity contribution in [1.29, 1.82) is 0 Å². The summed E-state index contributed by atoms with van der Waals surface area (Å²) in [5.74, 6) is 0. The molecule has 0 saturated heterocycles. The molecule has 0 radical (unpaired) electrons. The molecule has 1 aromatic carbocycles. The molecule has 0 spiro atoms. The lowest BCUT2D eigenvalue weighted by molar-refractivity contribution is 0.575. The summed E-state index contributed by atoms with van der Waals surface area (Å²) >= 11 is 1.70. The van der Waals surface area contributed by atoms with E-state index in [1.165, 1.54) is 16.5 Å². The van der Waals surface area contributed by atoms with Crippen LogP contribution in [0.2, 0.25) is 0 Å². The van der Waals surface area contributed by atoms with Gasteiger partial charge in [-0.2, -0.15) is 0 Å². The minimum absolute atomic E-state index is 0.324. The van der Waals surface area contributed by atoms with E-state index in [1.807, 2.05) is 11.6 Å². The molecule has 0 saturated carbocycles. The van der Waals surface area contributed by atoms with Gasteiger partial charge in [-0.15, -0.1) is 11.3 Å². The van der Waals surface area contributed by atoms with Crippen LogP contribution in [0.3, 0.4) is 0 Å². The maximum atomic E-state index is 4.33. The summed E-state index contributed by atoms with van der Waals surface area (Å²) in [7, 11) is 0. The fourth-order valence-electron chi connectivity index (χ4n) is 2.30. The summed E-state index contributed by atoms with van der Waals surface area (Å²) in [5.41, 5.74) is 2.58. The molecule has 0 aliphatic carbocycles. The summed E-state index contributed by atoms with van der Waals surface area (Å²) in [6.45, 7) is 3.12. The standard InChI is InChI=1S/C15H17N3S/c1-11(15-17-8-9-19-15)16-7-6-12-10-18-14-5-3-2-4-13(12)14/h2-5,8-11,16,18H,6-7H2,1H3/t11-/m0/s1. The van der Waals surface area contributed by atoms with Crippen molar-refractivity contribution in [3.05, 3.63) is 52.6 Å². The second-order valence-corrected chi connectivity index (χ2v) is 5.58. The van der Waals surface area contributed by atoms with Crippen LogP contribution in [-0.2, 0) is 6.42 Å². The average molecular weight is 271 g/mol. The van der Waals surface area contributed by atoms with Crippen molar-refractivity contribution in [1.82, 2.24) is 15.3 Å². The van der Waals surface area contributed by atoms with Crippen molar-refractivity contribution in [3.63, 3.8) is 0 Å². The minimum atomic E-state index is 0.324. The summed E-state index contributed by atoms with van der Waals surface area (Å²) in [6.07, 6.45) is 5.00. The summed E-state index contributed by atoms with van der Waals surface area (Å²) in [4.78, 5) is 7.65. The van der Waals surface area contributed by atoms with E-state index in [4.69, 9.17) is 0 Å². The molecule has 4 heteroatoms. The number of aromatic amines is 1. The molecule has 0 fully saturated rings. The highest BCUT2D eigenvalue weighted by Crippen LogP contribution is 2.18. The first kappa shape index (κ1) is 12.4. The number of nitrogens with one attached hydrogen (secondary N) is 2. The van der Waals surface area contributed by atoms with Crippen LogP contribution in [0.4, 0.5) is 0 Å². The van der Waals surface area contributed by atoms with E-state index in [9.17, 15) is 0 Å². The lowest BCUT2D eigenvalue weighted by Crippen LogP contribution is -2.21. The Balaban J connectivity index is 1.61. The first-order valence-electron chi connectivity index (χ1n) is 6.52. The molecule has 0 aliphatic heterocycles. The maximum Gasteiger partial charge on any atom is 0.109 e. The van der Waals surface area contributed by atoms with Crippen molar-refractivity contribution in [2.75, 3.05) is 6.54 Å². The van der Waals surface area contributed by atoms with Crippen LogP contribution in [0.25, 0.3) is 10.9 Å². The predicted molar refractivity (Wildman–Crippen MR) is 80.5 cm³/mol. The average Bonchev–Trinajstić information content (AvgIpc) is 3.08. The van der Waals surface area contributed by atoms with Crippen molar-refractivity contribution in [2.24, 2.45) is 0 Å². The van der Waals surface area contributed by atoms with Gasteiger partial charge in [-0.1, -0.05) is 18.2 Å². The van der Waals surface area contributed by atoms with Gasteiger partial charge in [-0.3, -0.25) is 0 Å². The zero-order chi connectivity index (χ0) is 13.1. The summed E-state index contributed by atoms with van der Waals surface area (Å²) < 4.78 is 0. The Morgan fingerprint density at radius 3 is 3.11 bits per heavy atom. The van der Waals surface area contributed by atoms with Gasteiger partial charge >= 0.3 is 0 Å². The monoisotopic (exact) mass is 271 g/mol. The van der Waals surface area contributed by atoms with E-state index >= 15 is 0 Å². The highest BCUT2D eigenvalue weighted by atomic mass is 32.1. The van der Waals surface area contributed by atoms with Crippen molar-refractivity contribution in [3.8, 4) is 0 Å². The molecule has 0 bridgehead atoms. The lowest BCUT2D eigenvalue weighted by Gasteiger charge is -2.10. The van der Waals surface area contributed by atoms with Crippen molar-refractivity contribution in [2.45, 2.75) is 19.4 Å². The molecule has 3 nitrogen and oxygen atoms in total. The van der Waals surface area contributed by atoms with Crippen molar-refractivity contribution >= 4 is 22.2 Å². The number of para-hydroxylation sites is 1. The Bertz CT molecular complexity index is 642. The van der Waals surface area contributed by atoms with Crippen LogP contribution in [0.5, 0.6) is 0 Å². The molecule has 0 amide bonds. The van der Waals surface area contributed by atoms with Crippen LogP contribution in [-0.4, -0.2) is 16.5 Å². The Morgan fingerprint density at radius 2 is 2.26 bits per heavy atom. The van der Waals surface area contributed by atoms with Crippen LogP contribution in [0.1, 0.15) is 23.5 Å². The number of aromatic nitrogens is 2. The summed E-state index contributed by atoms with van der Waals surface area (Å²) in [5, 5.41) is 8.02. The van der Waals surface area contributed by atoms with Gasteiger partial charge in [-0.25, -0.2) is 4.98 Å². The van der Waals surface area contributed by atoms with E-state index in [0.29, 0.717) is 6.04 Å². The van der Waals surface area contributed by atoms with Gasteiger partial charge in [0.25, 0.3) is 0 Å². The molecule has 19 heavy (non-hydrogen) atoms. The van der Waals surface area contributed by atoms with E-state index in [2.05, 4.69) is 52.7 Å².